The number of rotatable bonds is 3. The van der Waals surface area contributed by atoms with Gasteiger partial charge in [-0.3, -0.25) is 4.79 Å². The maximum Gasteiger partial charge on any atom is 0.335 e. The molecule has 0 atom stereocenters. The highest BCUT2D eigenvalue weighted by Crippen LogP contribution is 2.56. The second-order valence-electron chi connectivity index (χ2n) is 7.46. The number of nitrogens with zero attached hydrogens (tertiary/aromatic N) is 3. The van der Waals surface area contributed by atoms with Crippen LogP contribution in [0.15, 0.2) is 28.8 Å². The van der Waals surface area contributed by atoms with E-state index in [1.165, 1.54) is 12.1 Å². The number of carboxylic acids is 1. The zero-order valence-corrected chi connectivity index (χ0v) is 14.6. The molecule has 4 rings (SSSR count). The standard InChI is InChI=1S/C19H21N3O4/c1-12-20-16(26-21-12)15-10-19(11-15)6-8-22(9-7-19)17(23)13-2-4-14(5-3-13)18(24)25/h2-5,15H,6-11H2,1H3,(H,24,25). The van der Waals surface area contributed by atoms with Crippen LogP contribution in [0.4, 0.5) is 0 Å². The van der Waals surface area contributed by atoms with Crippen LogP contribution in [-0.2, 0) is 0 Å². The molecule has 0 bridgehead atoms. The molecule has 1 aromatic carbocycles. The second kappa shape index (κ2) is 6.23. The number of aromatic carboxylic acids is 1. The Hall–Kier alpha value is -2.70. The van der Waals surface area contributed by atoms with E-state index >= 15 is 0 Å². The number of aryl methyl sites for hydroxylation is 1. The summed E-state index contributed by atoms with van der Waals surface area (Å²) in [7, 11) is 0. The van der Waals surface area contributed by atoms with E-state index in [1.807, 2.05) is 11.8 Å². The van der Waals surface area contributed by atoms with E-state index < -0.39 is 5.97 Å². The van der Waals surface area contributed by atoms with Gasteiger partial charge in [0.2, 0.25) is 5.89 Å². The molecule has 26 heavy (non-hydrogen) atoms. The number of carbonyl (C=O) groups is 2. The number of likely N-dealkylation sites (tertiary alicyclic amines) is 1. The third-order valence-electron chi connectivity index (χ3n) is 5.74. The number of aromatic nitrogens is 2. The molecule has 136 valence electrons. The molecule has 2 aliphatic rings. The van der Waals surface area contributed by atoms with Crippen LogP contribution in [0.3, 0.4) is 0 Å². The minimum absolute atomic E-state index is 0.0276. The highest BCUT2D eigenvalue weighted by molar-refractivity contribution is 5.96. The quantitative estimate of drug-likeness (QED) is 0.909. The van der Waals surface area contributed by atoms with E-state index in [0.29, 0.717) is 17.3 Å². The van der Waals surface area contributed by atoms with E-state index in [0.717, 1.165) is 44.7 Å². The van der Waals surface area contributed by atoms with Crippen molar-refractivity contribution in [3.63, 3.8) is 0 Å². The van der Waals surface area contributed by atoms with Gasteiger partial charge in [0.25, 0.3) is 5.91 Å². The zero-order valence-electron chi connectivity index (χ0n) is 14.6. The summed E-state index contributed by atoms with van der Waals surface area (Å²) in [6.07, 6.45) is 4.05. The molecular formula is C19H21N3O4. The number of carbonyl (C=O) groups excluding carboxylic acids is 1. The Morgan fingerprint density at radius 1 is 1.15 bits per heavy atom. The van der Waals surface area contributed by atoms with Gasteiger partial charge in [-0.1, -0.05) is 5.16 Å². The van der Waals surface area contributed by atoms with Gasteiger partial charge in [-0.25, -0.2) is 4.79 Å². The van der Waals surface area contributed by atoms with Gasteiger partial charge in [-0.2, -0.15) is 4.98 Å². The van der Waals surface area contributed by atoms with Crippen molar-refractivity contribution in [2.45, 2.75) is 38.5 Å². The van der Waals surface area contributed by atoms with Crippen LogP contribution in [-0.4, -0.2) is 45.1 Å². The molecule has 1 saturated carbocycles. The Labute approximate surface area is 151 Å². The maximum atomic E-state index is 12.6. The Morgan fingerprint density at radius 2 is 1.77 bits per heavy atom. The zero-order chi connectivity index (χ0) is 18.3. The Kier molecular flexibility index (Phi) is 4.01. The third kappa shape index (κ3) is 2.98. The average Bonchev–Trinajstić information content (AvgIpc) is 3.05. The summed E-state index contributed by atoms with van der Waals surface area (Å²) in [4.78, 5) is 29.7. The van der Waals surface area contributed by atoms with Crippen molar-refractivity contribution in [1.82, 2.24) is 15.0 Å². The van der Waals surface area contributed by atoms with E-state index in [9.17, 15) is 9.59 Å². The van der Waals surface area contributed by atoms with Crippen LogP contribution in [0.1, 0.15) is 64.0 Å². The van der Waals surface area contributed by atoms with Gasteiger partial charge in [-0.05, 0) is 62.3 Å². The normalized spacial score (nSPS) is 19.3. The lowest BCUT2D eigenvalue weighted by Crippen LogP contribution is -2.48. The fourth-order valence-electron chi connectivity index (χ4n) is 4.17. The summed E-state index contributed by atoms with van der Waals surface area (Å²) in [5.74, 6) is 0.752. The third-order valence-corrected chi connectivity index (χ3v) is 5.74. The Balaban J connectivity index is 1.34. The minimum atomic E-state index is -0.986. The molecule has 1 N–H and O–H groups in total. The highest BCUT2D eigenvalue weighted by Gasteiger charge is 2.48. The van der Waals surface area contributed by atoms with Gasteiger partial charge < -0.3 is 14.5 Å². The van der Waals surface area contributed by atoms with E-state index in [2.05, 4.69) is 10.1 Å². The molecular weight excluding hydrogens is 334 g/mol. The van der Waals surface area contributed by atoms with Crippen LogP contribution >= 0.6 is 0 Å². The second-order valence-corrected chi connectivity index (χ2v) is 7.46. The van der Waals surface area contributed by atoms with Gasteiger partial charge >= 0.3 is 5.97 Å². The molecule has 1 aliphatic carbocycles. The minimum Gasteiger partial charge on any atom is -0.478 e. The van der Waals surface area contributed by atoms with Crippen LogP contribution < -0.4 is 0 Å². The van der Waals surface area contributed by atoms with Gasteiger partial charge in [0.05, 0.1) is 5.56 Å². The molecule has 7 heteroatoms. The first kappa shape index (κ1) is 16.8. The molecule has 1 aliphatic heterocycles. The molecule has 1 aromatic heterocycles. The molecule has 2 aromatic rings. The van der Waals surface area contributed by atoms with Crippen molar-refractivity contribution < 1.29 is 19.2 Å². The van der Waals surface area contributed by atoms with Crippen molar-refractivity contribution in [2.24, 2.45) is 5.41 Å². The lowest BCUT2D eigenvalue weighted by molar-refractivity contribution is 0.00800. The molecule has 7 nitrogen and oxygen atoms in total. The van der Waals surface area contributed by atoms with E-state index in [4.69, 9.17) is 9.63 Å². The Bertz CT molecular complexity index is 827. The lowest BCUT2D eigenvalue weighted by Gasteiger charge is -2.51. The first-order valence-electron chi connectivity index (χ1n) is 8.89. The molecule has 0 radical (unpaired) electrons. The number of amides is 1. The highest BCUT2D eigenvalue weighted by atomic mass is 16.5. The first-order valence-corrected chi connectivity index (χ1v) is 8.89. The summed E-state index contributed by atoms with van der Waals surface area (Å²) < 4.78 is 5.28. The van der Waals surface area contributed by atoms with Crippen LogP contribution in [0, 0.1) is 12.3 Å². The topological polar surface area (TPSA) is 96.5 Å². The number of hydrogen-bond acceptors (Lipinski definition) is 5. The van der Waals surface area contributed by atoms with Crippen molar-refractivity contribution >= 4 is 11.9 Å². The van der Waals surface area contributed by atoms with Crippen LogP contribution in [0.25, 0.3) is 0 Å². The van der Waals surface area contributed by atoms with E-state index in [-0.39, 0.29) is 16.9 Å². The molecule has 1 spiro atoms. The number of hydrogen-bond donors (Lipinski definition) is 1. The van der Waals surface area contributed by atoms with Gasteiger partial charge in [0.1, 0.15) is 0 Å². The monoisotopic (exact) mass is 355 g/mol. The molecule has 1 saturated heterocycles. The molecule has 0 unspecified atom stereocenters. The summed E-state index contributed by atoms with van der Waals surface area (Å²) in [5, 5.41) is 12.8. The van der Waals surface area contributed by atoms with E-state index in [1.54, 1.807) is 12.1 Å². The van der Waals surface area contributed by atoms with Crippen molar-refractivity contribution in [3.05, 3.63) is 47.1 Å². The van der Waals surface area contributed by atoms with Crippen molar-refractivity contribution in [2.75, 3.05) is 13.1 Å². The number of piperidine rings is 1. The average molecular weight is 355 g/mol. The maximum absolute atomic E-state index is 12.6. The first-order chi connectivity index (χ1) is 12.5. The van der Waals surface area contributed by atoms with Crippen molar-refractivity contribution in [3.8, 4) is 0 Å². The predicted molar refractivity (Wildman–Crippen MR) is 92.0 cm³/mol. The fraction of sp³-hybridized carbons (Fsp3) is 0.474. The smallest absolute Gasteiger partial charge is 0.335 e. The van der Waals surface area contributed by atoms with Gasteiger partial charge in [0.15, 0.2) is 5.82 Å². The lowest BCUT2D eigenvalue weighted by atomic mass is 9.57. The Morgan fingerprint density at radius 3 is 2.31 bits per heavy atom. The van der Waals surface area contributed by atoms with Crippen LogP contribution in [0.5, 0.6) is 0 Å². The predicted octanol–water partition coefficient (Wildman–Crippen LogP) is 2.88. The summed E-state index contributed by atoms with van der Waals surface area (Å²) in [6, 6.07) is 6.13. The summed E-state index contributed by atoms with van der Waals surface area (Å²) >= 11 is 0. The fourth-order valence-corrected chi connectivity index (χ4v) is 4.17. The summed E-state index contributed by atoms with van der Waals surface area (Å²) in [5.41, 5.74) is 1.02. The van der Waals surface area contributed by atoms with Gasteiger partial charge in [0, 0.05) is 24.6 Å². The van der Waals surface area contributed by atoms with Crippen molar-refractivity contribution in [1.29, 1.82) is 0 Å². The SMILES string of the molecule is Cc1noc(C2CC3(CCN(C(=O)c4ccc(C(=O)O)cc4)CC3)C2)n1. The number of benzene rings is 1. The van der Waals surface area contributed by atoms with Gasteiger partial charge in [-0.15, -0.1) is 0 Å². The molecule has 1 amide bonds. The van der Waals surface area contributed by atoms with Crippen LogP contribution in [0.2, 0.25) is 0 Å². The number of carboxylic acid groups (broad SMARTS) is 1. The molecule has 2 fully saturated rings. The molecule has 2 heterocycles. The summed E-state index contributed by atoms with van der Waals surface area (Å²) in [6.45, 7) is 3.29. The largest absolute Gasteiger partial charge is 0.478 e.